The van der Waals surface area contributed by atoms with E-state index in [-0.39, 0.29) is 18.7 Å². The molecule has 0 bridgehead atoms. The zero-order chi connectivity index (χ0) is 24.2. The maximum atomic E-state index is 14.3. The van der Waals surface area contributed by atoms with Gasteiger partial charge < -0.3 is 10.1 Å². The van der Waals surface area contributed by atoms with Crippen molar-refractivity contribution in [3.63, 3.8) is 0 Å². The van der Waals surface area contributed by atoms with Crippen molar-refractivity contribution in [1.82, 2.24) is 4.31 Å². The van der Waals surface area contributed by atoms with E-state index >= 15 is 0 Å². The van der Waals surface area contributed by atoms with Crippen LogP contribution >= 0.6 is 0 Å². The van der Waals surface area contributed by atoms with Crippen LogP contribution in [0.3, 0.4) is 0 Å². The van der Waals surface area contributed by atoms with Gasteiger partial charge in [-0.3, -0.25) is 4.79 Å². The van der Waals surface area contributed by atoms with E-state index in [2.05, 4.69) is 5.32 Å². The fraction of sp³-hybridized carbons (Fsp3) is 0.250. The van der Waals surface area contributed by atoms with Gasteiger partial charge in [0.25, 0.3) is 5.91 Å². The fourth-order valence-electron chi connectivity index (χ4n) is 3.38. The molecule has 0 saturated carbocycles. The lowest BCUT2D eigenvalue weighted by Gasteiger charge is -2.19. The Bertz CT molecular complexity index is 1280. The molecule has 3 aromatic carbocycles. The molecule has 1 atom stereocenters. The Morgan fingerprint density at radius 2 is 1.70 bits per heavy atom. The zero-order valence-corrected chi connectivity index (χ0v) is 19.4. The maximum absolute atomic E-state index is 14.3. The van der Waals surface area contributed by atoms with E-state index in [4.69, 9.17) is 4.74 Å². The minimum Gasteiger partial charge on any atom is -0.449 e. The molecule has 0 radical (unpaired) electrons. The van der Waals surface area contributed by atoms with Crippen LogP contribution in [-0.4, -0.2) is 43.8 Å². The molecular weight excluding hydrogens is 447 g/mol. The quantitative estimate of drug-likeness (QED) is 0.496. The standard InChI is InChI=1S/C24H25FN2O5S/c1-4-27(5-2)33(30,31)22-15-18(13-14-20(22)25)24(29)32-16(3)23(28)26-21-12-8-10-17-9-6-7-11-19(17)21/h6-16H,4-5H2,1-3H3,(H,26,28). The first-order valence-corrected chi connectivity index (χ1v) is 11.9. The lowest BCUT2D eigenvalue weighted by molar-refractivity contribution is -0.123. The second-order valence-electron chi connectivity index (χ2n) is 7.30. The molecule has 0 spiro atoms. The molecule has 9 heteroatoms. The first-order chi connectivity index (χ1) is 15.7. The molecule has 3 aromatic rings. The number of sulfonamides is 1. The highest BCUT2D eigenvalue weighted by atomic mass is 32.2. The van der Waals surface area contributed by atoms with Crippen LogP contribution in [0.4, 0.5) is 10.1 Å². The normalized spacial score (nSPS) is 12.5. The molecule has 3 rings (SSSR count). The number of anilines is 1. The molecule has 174 valence electrons. The van der Waals surface area contributed by atoms with E-state index in [9.17, 15) is 22.4 Å². The number of halogens is 1. The molecule has 0 fully saturated rings. The Kier molecular flexibility index (Phi) is 7.45. The van der Waals surface area contributed by atoms with Crippen LogP contribution in [0.25, 0.3) is 10.8 Å². The molecule has 0 aliphatic heterocycles. The Labute approximate surface area is 192 Å². The summed E-state index contributed by atoms with van der Waals surface area (Å²) in [6.07, 6.45) is -1.18. The van der Waals surface area contributed by atoms with Crippen molar-refractivity contribution in [2.24, 2.45) is 0 Å². The molecule has 0 saturated heterocycles. The molecule has 33 heavy (non-hydrogen) atoms. The molecule has 0 heterocycles. The van der Waals surface area contributed by atoms with Gasteiger partial charge in [0.1, 0.15) is 10.7 Å². The predicted molar refractivity (Wildman–Crippen MR) is 124 cm³/mol. The summed E-state index contributed by atoms with van der Waals surface area (Å²) in [4.78, 5) is 24.6. The summed E-state index contributed by atoms with van der Waals surface area (Å²) in [6, 6.07) is 15.9. The summed E-state index contributed by atoms with van der Waals surface area (Å²) in [5.41, 5.74) is 0.391. The lowest BCUT2D eigenvalue weighted by Crippen LogP contribution is -2.32. The largest absolute Gasteiger partial charge is 0.449 e. The van der Waals surface area contributed by atoms with Gasteiger partial charge in [-0.2, -0.15) is 4.31 Å². The third-order valence-corrected chi connectivity index (χ3v) is 7.26. The average Bonchev–Trinajstić information content (AvgIpc) is 2.80. The number of rotatable bonds is 8. The summed E-state index contributed by atoms with van der Waals surface area (Å²) in [5.74, 6) is -2.47. The number of hydrogen-bond donors (Lipinski definition) is 1. The number of nitrogens with zero attached hydrogens (tertiary/aromatic N) is 1. The smallest absolute Gasteiger partial charge is 0.338 e. The number of carbonyl (C=O) groups is 2. The molecule has 1 unspecified atom stereocenters. The van der Waals surface area contributed by atoms with Crippen LogP contribution in [-0.2, 0) is 19.6 Å². The monoisotopic (exact) mass is 472 g/mol. The number of ether oxygens (including phenoxy) is 1. The summed E-state index contributed by atoms with van der Waals surface area (Å²) in [6.45, 7) is 4.96. The van der Waals surface area contributed by atoms with Gasteiger partial charge in [-0.25, -0.2) is 17.6 Å². The predicted octanol–water partition coefficient (Wildman–Crippen LogP) is 4.19. The maximum Gasteiger partial charge on any atom is 0.338 e. The highest BCUT2D eigenvalue weighted by Gasteiger charge is 2.27. The molecule has 0 aromatic heterocycles. The Hall–Kier alpha value is -3.30. The minimum absolute atomic E-state index is 0.151. The molecule has 1 N–H and O–H groups in total. The van der Waals surface area contributed by atoms with Crippen LogP contribution in [0, 0.1) is 5.82 Å². The van der Waals surface area contributed by atoms with Crippen LogP contribution in [0.1, 0.15) is 31.1 Å². The zero-order valence-electron chi connectivity index (χ0n) is 18.5. The third kappa shape index (κ3) is 5.20. The van der Waals surface area contributed by atoms with Gasteiger partial charge in [0.15, 0.2) is 6.10 Å². The summed E-state index contributed by atoms with van der Waals surface area (Å²) < 4.78 is 46.0. The minimum atomic E-state index is -4.12. The Morgan fingerprint density at radius 3 is 2.39 bits per heavy atom. The van der Waals surface area contributed by atoms with Gasteiger partial charge in [0.05, 0.1) is 5.56 Å². The van der Waals surface area contributed by atoms with Gasteiger partial charge in [0.2, 0.25) is 10.0 Å². The molecular formula is C24H25FN2O5S. The highest BCUT2D eigenvalue weighted by Crippen LogP contribution is 2.24. The van der Waals surface area contributed by atoms with Gasteiger partial charge in [0, 0.05) is 24.2 Å². The highest BCUT2D eigenvalue weighted by molar-refractivity contribution is 7.89. The second-order valence-corrected chi connectivity index (χ2v) is 9.20. The number of hydrogen-bond acceptors (Lipinski definition) is 5. The lowest BCUT2D eigenvalue weighted by atomic mass is 10.1. The number of nitrogens with one attached hydrogen (secondary N) is 1. The van der Waals surface area contributed by atoms with Gasteiger partial charge in [-0.1, -0.05) is 50.2 Å². The number of amides is 1. The van der Waals surface area contributed by atoms with Gasteiger partial charge in [-0.15, -0.1) is 0 Å². The fourth-order valence-corrected chi connectivity index (χ4v) is 4.93. The number of esters is 1. The first kappa shape index (κ1) is 24.3. The number of benzene rings is 3. The van der Waals surface area contributed by atoms with E-state index in [1.54, 1.807) is 26.0 Å². The molecule has 1 amide bonds. The molecule has 0 aliphatic rings. The SMILES string of the molecule is CCN(CC)S(=O)(=O)c1cc(C(=O)OC(C)C(=O)Nc2cccc3ccccc23)ccc1F. The number of fused-ring (bicyclic) bond motifs is 1. The van der Waals surface area contributed by atoms with Crippen LogP contribution in [0.5, 0.6) is 0 Å². The topological polar surface area (TPSA) is 92.8 Å². The van der Waals surface area contributed by atoms with Gasteiger partial charge in [-0.05, 0) is 36.6 Å². The second kappa shape index (κ2) is 10.1. The van der Waals surface area contributed by atoms with Crippen molar-refractivity contribution in [3.8, 4) is 0 Å². The summed E-state index contributed by atoms with van der Waals surface area (Å²) >= 11 is 0. The molecule has 7 nitrogen and oxygen atoms in total. The molecule has 0 aliphatic carbocycles. The van der Waals surface area contributed by atoms with E-state index in [0.29, 0.717) is 5.69 Å². The van der Waals surface area contributed by atoms with Crippen molar-refractivity contribution in [2.45, 2.75) is 31.8 Å². The average molecular weight is 473 g/mol. The van der Waals surface area contributed by atoms with Crippen LogP contribution < -0.4 is 5.32 Å². The van der Waals surface area contributed by atoms with E-state index in [1.165, 1.54) is 6.92 Å². The number of carbonyl (C=O) groups excluding carboxylic acids is 2. The van der Waals surface area contributed by atoms with E-state index < -0.39 is 38.7 Å². The van der Waals surface area contributed by atoms with E-state index in [0.717, 1.165) is 33.3 Å². The van der Waals surface area contributed by atoms with Crippen molar-refractivity contribution in [3.05, 3.63) is 72.0 Å². The van der Waals surface area contributed by atoms with Crippen molar-refractivity contribution >= 4 is 38.4 Å². The van der Waals surface area contributed by atoms with Crippen molar-refractivity contribution < 1.29 is 27.1 Å². The van der Waals surface area contributed by atoms with Crippen LogP contribution in [0.2, 0.25) is 0 Å². The van der Waals surface area contributed by atoms with Crippen molar-refractivity contribution in [1.29, 1.82) is 0 Å². The van der Waals surface area contributed by atoms with Crippen LogP contribution in [0.15, 0.2) is 65.6 Å². The van der Waals surface area contributed by atoms with Gasteiger partial charge >= 0.3 is 5.97 Å². The van der Waals surface area contributed by atoms with E-state index in [1.807, 2.05) is 30.3 Å². The Morgan fingerprint density at radius 1 is 1.03 bits per heavy atom. The Balaban J connectivity index is 1.77. The summed E-state index contributed by atoms with van der Waals surface area (Å²) in [5, 5.41) is 4.51. The first-order valence-electron chi connectivity index (χ1n) is 10.5. The summed E-state index contributed by atoms with van der Waals surface area (Å²) in [7, 11) is -4.12. The third-order valence-electron chi connectivity index (χ3n) is 5.19. The van der Waals surface area contributed by atoms with Crippen molar-refractivity contribution in [2.75, 3.05) is 18.4 Å².